The summed E-state index contributed by atoms with van der Waals surface area (Å²) in [4.78, 5) is 24.7. The van der Waals surface area contributed by atoms with Gasteiger partial charge in [-0.1, -0.05) is 6.42 Å². The van der Waals surface area contributed by atoms with Gasteiger partial charge in [0, 0.05) is 32.7 Å². The Morgan fingerprint density at radius 3 is 2.83 bits per heavy atom. The Labute approximate surface area is 108 Å². The summed E-state index contributed by atoms with van der Waals surface area (Å²) < 4.78 is 0. The highest BCUT2D eigenvalue weighted by Crippen LogP contribution is 2.19. The maximum absolute atomic E-state index is 11.5. The zero-order valence-corrected chi connectivity index (χ0v) is 10.9. The molecule has 104 valence electrons. The SMILES string of the molecule is CNC(=O)NC(=O)CCN1CCCCC1CCO. The summed E-state index contributed by atoms with van der Waals surface area (Å²) in [5.74, 6) is -0.261. The lowest BCUT2D eigenvalue weighted by molar-refractivity contribution is -0.120. The van der Waals surface area contributed by atoms with Crippen molar-refractivity contribution in [3.05, 3.63) is 0 Å². The first-order valence-electron chi connectivity index (χ1n) is 6.54. The van der Waals surface area contributed by atoms with Gasteiger partial charge in [-0.25, -0.2) is 4.79 Å². The number of hydrogen-bond acceptors (Lipinski definition) is 4. The summed E-state index contributed by atoms with van der Waals surface area (Å²) in [6.07, 6.45) is 4.48. The number of rotatable bonds is 5. The zero-order chi connectivity index (χ0) is 13.4. The first-order chi connectivity index (χ1) is 8.67. The molecule has 1 heterocycles. The smallest absolute Gasteiger partial charge is 0.321 e. The van der Waals surface area contributed by atoms with Crippen LogP contribution in [0.4, 0.5) is 4.79 Å². The second-order valence-corrected chi connectivity index (χ2v) is 4.58. The van der Waals surface area contributed by atoms with Gasteiger partial charge in [0.25, 0.3) is 0 Å². The topological polar surface area (TPSA) is 81.7 Å². The molecule has 3 N–H and O–H groups in total. The summed E-state index contributed by atoms with van der Waals surface area (Å²) in [7, 11) is 1.48. The number of likely N-dealkylation sites (tertiary alicyclic amines) is 1. The Kier molecular flexibility index (Phi) is 6.67. The van der Waals surface area contributed by atoms with Crippen molar-refractivity contribution in [2.45, 2.75) is 38.1 Å². The van der Waals surface area contributed by atoms with E-state index in [0.29, 0.717) is 19.0 Å². The second-order valence-electron chi connectivity index (χ2n) is 4.58. The molecule has 1 aliphatic heterocycles. The van der Waals surface area contributed by atoms with Gasteiger partial charge in [-0.3, -0.25) is 15.0 Å². The molecule has 1 aliphatic rings. The fraction of sp³-hybridized carbons (Fsp3) is 0.833. The van der Waals surface area contributed by atoms with Gasteiger partial charge in [-0.05, 0) is 25.8 Å². The molecule has 1 saturated heterocycles. The van der Waals surface area contributed by atoms with E-state index in [4.69, 9.17) is 5.11 Å². The quantitative estimate of drug-likeness (QED) is 0.651. The Bertz CT molecular complexity index is 282. The average Bonchev–Trinajstić information content (AvgIpc) is 2.38. The van der Waals surface area contributed by atoms with E-state index in [1.165, 1.54) is 13.5 Å². The molecule has 0 radical (unpaired) electrons. The minimum atomic E-state index is -0.467. The number of hydrogen-bond donors (Lipinski definition) is 3. The maximum atomic E-state index is 11.5. The van der Waals surface area contributed by atoms with Crippen LogP contribution >= 0.6 is 0 Å². The van der Waals surface area contributed by atoms with Gasteiger partial charge in [0.05, 0.1) is 0 Å². The van der Waals surface area contributed by atoms with E-state index < -0.39 is 6.03 Å². The molecule has 0 saturated carbocycles. The first kappa shape index (κ1) is 14.9. The highest BCUT2D eigenvalue weighted by Gasteiger charge is 2.22. The third-order valence-electron chi connectivity index (χ3n) is 3.32. The van der Waals surface area contributed by atoms with Crippen molar-refractivity contribution in [1.29, 1.82) is 0 Å². The number of carbonyl (C=O) groups is 2. The van der Waals surface area contributed by atoms with E-state index in [9.17, 15) is 9.59 Å². The fourth-order valence-electron chi connectivity index (χ4n) is 2.33. The van der Waals surface area contributed by atoms with Crippen molar-refractivity contribution in [2.24, 2.45) is 0 Å². The van der Waals surface area contributed by atoms with Crippen LogP contribution in [0.3, 0.4) is 0 Å². The molecule has 6 heteroatoms. The van der Waals surface area contributed by atoms with Crippen LogP contribution in [-0.4, -0.2) is 54.7 Å². The van der Waals surface area contributed by atoms with Crippen molar-refractivity contribution in [3.8, 4) is 0 Å². The first-order valence-corrected chi connectivity index (χ1v) is 6.54. The van der Waals surface area contributed by atoms with E-state index in [1.807, 2.05) is 0 Å². The Morgan fingerprint density at radius 1 is 1.39 bits per heavy atom. The molecule has 0 bridgehead atoms. The molecular weight excluding hydrogens is 234 g/mol. The molecule has 1 rings (SSSR count). The van der Waals surface area contributed by atoms with Gasteiger partial charge in [0.1, 0.15) is 0 Å². The molecule has 0 spiro atoms. The molecular formula is C12H23N3O3. The Morgan fingerprint density at radius 2 is 2.17 bits per heavy atom. The Balaban J connectivity index is 2.31. The maximum Gasteiger partial charge on any atom is 0.321 e. The van der Waals surface area contributed by atoms with Gasteiger partial charge >= 0.3 is 6.03 Å². The number of piperidine rings is 1. The molecule has 1 unspecified atom stereocenters. The highest BCUT2D eigenvalue weighted by atomic mass is 16.3. The minimum Gasteiger partial charge on any atom is -0.396 e. The number of nitrogens with one attached hydrogen (secondary N) is 2. The van der Waals surface area contributed by atoms with Gasteiger partial charge < -0.3 is 10.4 Å². The predicted octanol–water partition coefficient (Wildman–Crippen LogP) is 0.0690. The van der Waals surface area contributed by atoms with E-state index in [1.54, 1.807) is 0 Å². The number of nitrogens with zero attached hydrogens (tertiary/aromatic N) is 1. The van der Waals surface area contributed by atoms with E-state index in [0.717, 1.165) is 25.8 Å². The summed E-state index contributed by atoms with van der Waals surface area (Å²) in [6, 6.07) is -0.0953. The van der Waals surface area contributed by atoms with Crippen molar-refractivity contribution in [3.63, 3.8) is 0 Å². The minimum absolute atomic E-state index is 0.186. The number of carbonyl (C=O) groups excluding carboxylic acids is 2. The summed E-state index contributed by atoms with van der Waals surface area (Å²) in [5.41, 5.74) is 0. The number of imide groups is 1. The van der Waals surface area contributed by atoms with Crippen molar-refractivity contribution < 1.29 is 14.7 Å². The molecule has 0 aromatic rings. The third-order valence-corrected chi connectivity index (χ3v) is 3.32. The van der Waals surface area contributed by atoms with Crippen LogP contribution in [0.25, 0.3) is 0 Å². The van der Waals surface area contributed by atoms with Crippen LogP contribution in [0.1, 0.15) is 32.1 Å². The van der Waals surface area contributed by atoms with Crippen LogP contribution in [-0.2, 0) is 4.79 Å². The lowest BCUT2D eigenvalue weighted by Gasteiger charge is -2.35. The van der Waals surface area contributed by atoms with Crippen molar-refractivity contribution in [1.82, 2.24) is 15.5 Å². The van der Waals surface area contributed by atoms with Crippen LogP contribution < -0.4 is 10.6 Å². The lowest BCUT2D eigenvalue weighted by Crippen LogP contribution is -2.43. The molecule has 3 amide bonds. The molecule has 0 aromatic carbocycles. The van der Waals surface area contributed by atoms with Gasteiger partial charge in [-0.2, -0.15) is 0 Å². The molecule has 0 aromatic heterocycles. The fourth-order valence-corrected chi connectivity index (χ4v) is 2.33. The standard InChI is InChI=1S/C12H23N3O3/c1-13-12(18)14-11(17)5-8-15-7-3-2-4-10(15)6-9-16/h10,16H,2-9H2,1H3,(H2,13,14,17,18). The molecule has 1 atom stereocenters. The molecule has 0 aliphatic carbocycles. The average molecular weight is 257 g/mol. The lowest BCUT2D eigenvalue weighted by atomic mass is 9.99. The van der Waals surface area contributed by atoms with Gasteiger partial charge in [0.15, 0.2) is 0 Å². The van der Waals surface area contributed by atoms with E-state index in [2.05, 4.69) is 15.5 Å². The number of urea groups is 1. The zero-order valence-electron chi connectivity index (χ0n) is 10.9. The van der Waals surface area contributed by atoms with Crippen LogP contribution in [0.2, 0.25) is 0 Å². The van der Waals surface area contributed by atoms with Gasteiger partial charge in [-0.15, -0.1) is 0 Å². The van der Waals surface area contributed by atoms with Gasteiger partial charge in [0.2, 0.25) is 5.91 Å². The summed E-state index contributed by atoms with van der Waals surface area (Å²) in [6.45, 7) is 1.80. The van der Waals surface area contributed by atoms with E-state index >= 15 is 0 Å². The van der Waals surface area contributed by atoms with Crippen LogP contribution in [0.5, 0.6) is 0 Å². The largest absolute Gasteiger partial charge is 0.396 e. The predicted molar refractivity (Wildman–Crippen MR) is 68.1 cm³/mol. The number of aliphatic hydroxyl groups excluding tert-OH is 1. The highest BCUT2D eigenvalue weighted by molar-refractivity contribution is 5.94. The molecule has 6 nitrogen and oxygen atoms in total. The number of amides is 3. The van der Waals surface area contributed by atoms with Crippen LogP contribution in [0.15, 0.2) is 0 Å². The van der Waals surface area contributed by atoms with Crippen molar-refractivity contribution >= 4 is 11.9 Å². The van der Waals surface area contributed by atoms with Crippen molar-refractivity contribution in [2.75, 3.05) is 26.7 Å². The third kappa shape index (κ3) is 5.01. The monoisotopic (exact) mass is 257 g/mol. The molecule has 1 fully saturated rings. The summed E-state index contributed by atoms with van der Waals surface area (Å²) >= 11 is 0. The normalized spacial score (nSPS) is 20.4. The van der Waals surface area contributed by atoms with Crippen LogP contribution in [0, 0.1) is 0 Å². The molecule has 18 heavy (non-hydrogen) atoms. The van der Waals surface area contributed by atoms with E-state index in [-0.39, 0.29) is 12.5 Å². The Hall–Kier alpha value is -1.14. The second kappa shape index (κ2) is 8.05. The number of aliphatic hydroxyl groups is 1. The summed E-state index contributed by atoms with van der Waals surface area (Å²) in [5, 5.41) is 13.6.